The average Bonchev–Trinajstić information content (AvgIpc) is 3.23. The van der Waals surface area contributed by atoms with E-state index in [1.807, 2.05) is 42.8 Å². The zero-order chi connectivity index (χ0) is 17.9. The van der Waals surface area contributed by atoms with E-state index in [2.05, 4.69) is 21.4 Å². The lowest BCUT2D eigenvalue weighted by atomic mass is 10.1. The van der Waals surface area contributed by atoms with Gasteiger partial charge in [-0.1, -0.05) is 18.2 Å². The number of nitrogens with zero attached hydrogens (tertiary/aromatic N) is 3. The topological polar surface area (TPSA) is 67.8 Å². The number of thioether (sulfide) groups is 1. The number of hydrogen-bond acceptors (Lipinski definition) is 6. The maximum Gasteiger partial charge on any atom is 0.275 e. The number of rotatable bonds is 4. The highest BCUT2D eigenvalue weighted by atomic mass is 32.2. The van der Waals surface area contributed by atoms with Gasteiger partial charge in [0.25, 0.3) is 5.91 Å². The third kappa shape index (κ3) is 3.31. The first-order valence-electron chi connectivity index (χ1n) is 7.83. The lowest BCUT2D eigenvalue weighted by Crippen LogP contribution is -2.12. The van der Waals surface area contributed by atoms with Crippen molar-refractivity contribution in [2.75, 3.05) is 11.6 Å². The Labute approximate surface area is 158 Å². The molecule has 0 aliphatic rings. The Kier molecular flexibility index (Phi) is 4.64. The molecular formula is C19H14N4OS2. The van der Waals surface area contributed by atoms with Gasteiger partial charge >= 0.3 is 0 Å². The number of aromatic nitrogens is 3. The molecule has 4 aromatic rings. The van der Waals surface area contributed by atoms with Crippen molar-refractivity contribution in [1.82, 2.24) is 15.0 Å². The number of anilines is 1. The van der Waals surface area contributed by atoms with Gasteiger partial charge in [-0.25, -0.2) is 9.97 Å². The molecule has 0 atom stereocenters. The highest BCUT2D eigenvalue weighted by molar-refractivity contribution is 7.98. The monoisotopic (exact) mass is 378 g/mol. The van der Waals surface area contributed by atoms with E-state index in [1.165, 1.54) is 11.3 Å². The Morgan fingerprint density at radius 3 is 2.92 bits per heavy atom. The van der Waals surface area contributed by atoms with Crippen LogP contribution in [0.4, 0.5) is 5.69 Å². The summed E-state index contributed by atoms with van der Waals surface area (Å²) < 4.78 is 0. The lowest BCUT2D eigenvalue weighted by Gasteiger charge is -2.09. The van der Waals surface area contributed by atoms with Crippen LogP contribution in [0.2, 0.25) is 0 Å². The minimum Gasteiger partial charge on any atom is -0.319 e. The fourth-order valence-corrected chi connectivity index (χ4v) is 3.53. The van der Waals surface area contributed by atoms with Crippen molar-refractivity contribution in [3.05, 3.63) is 65.4 Å². The second kappa shape index (κ2) is 7.23. The van der Waals surface area contributed by atoms with Crippen LogP contribution in [-0.4, -0.2) is 27.1 Å². The van der Waals surface area contributed by atoms with E-state index in [-0.39, 0.29) is 5.91 Å². The number of para-hydroxylation sites is 1. The Morgan fingerprint density at radius 2 is 2.12 bits per heavy atom. The first-order chi connectivity index (χ1) is 12.7. The van der Waals surface area contributed by atoms with Gasteiger partial charge in [0.05, 0.1) is 22.4 Å². The van der Waals surface area contributed by atoms with Crippen LogP contribution in [0.25, 0.3) is 22.2 Å². The van der Waals surface area contributed by atoms with Crippen LogP contribution in [0.5, 0.6) is 0 Å². The highest BCUT2D eigenvalue weighted by Gasteiger charge is 2.12. The molecule has 0 fully saturated rings. The number of carbonyl (C=O) groups excluding carboxylic acids is 1. The summed E-state index contributed by atoms with van der Waals surface area (Å²) in [4.78, 5) is 26.5. The summed E-state index contributed by atoms with van der Waals surface area (Å²) in [5.74, 6) is -0.239. The number of carbonyl (C=O) groups is 1. The van der Waals surface area contributed by atoms with Crippen LogP contribution in [-0.2, 0) is 0 Å². The van der Waals surface area contributed by atoms with Crippen LogP contribution in [0, 0.1) is 0 Å². The molecule has 1 N–H and O–H groups in total. The Bertz CT molecular complexity index is 1080. The molecule has 26 heavy (non-hydrogen) atoms. The predicted octanol–water partition coefficient (Wildman–Crippen LogP) is 4.73. The van der Waals surface area contributed by atoms with Crippen LogP contribution in [0.1, 0.15) is 10.5 Å². The molecule has 0 aliphatic carbocycles. The average molecular weight is 378 g/mol. The van der Waals surface area contributed by atoms with Crippen molar-refractivity contribution in [3.63, 3.8) is 0 Å². The summed E-state index contributed by atoms with van der Waals surface area (Å²) in [5, 5.41) is 5.59. The number of hydrogen-bond donors (Lipinski definition) is 1. The fourth-order valence-electron chi connectivity index (χ4n) is 2.59. The third-order valence-corrected chi connectivity index (χ3v) is 5.16. The molecule has 3 aromatic heterocycles. The van der Waals surface area contributed by atoms with E-state index in [1.54, 1.807) is 28.8 Å². The molecule has 1 aromatic carbocycles. The van der Waals surface area contributed by atoms with E-state index < -0.39 is 0 Å². The first kappa shape index (κ1) is 16.7. The van der Waals surface area contributed by atoms with E-state index in [0.717, 1.165) is 27.1 Å². The predicted molar refractivity (Wildman–Crippen MR) is 107 cm³/mol. The lowest BCUT2D eigenvalue weighted by molar-refractivity contribution is 0.102. The van der Waals surface area contributed by atoms with E-state index in [9.17, 15) is 4.79 Å². The minimum absolute atomic E-state index is 0.239. The number of benzene rings is 1. The van der Waals surface area contributed by atoms with Crippen molar-refractivity contribution in [2.45, 2.75) is 4.90 Å². The van der Waals surface area contributed by atoms with Gasteiger partial charge in [0.15, 0.2) is 0 Å². The van der Waals surface area contributed by atoms with Crippen molar-refractivity contribution < 1.29 is 4.79 Å². The molecule has 0 radical (unpaired) electrons. The number of amides is 1. The van der Waals surface area contributed by atoms with Crippen molar-refractivity contribution >= 4 is 45.6 Å². The molecular weight excluding hydrogens is 364 g/mol. The van der Waals surface area contributed by atoms with Gasteiger partial charge in [0.2, 0.25) is 0 Å². The molecule has 7 heteroatoms. The maximum absolute atomic E-state index is 12.3. The summed E-state index contributed by atoms with van der Waals surface area (Å²) in [6.07, 6.45) is 5.64. The molecule has 128 valence electrons. The molecule has 3 heterocycles. The second-order valence-corrected chi connectivity index (χ2v) is 7.11. The Hall–Kier alpha value is -2.77. The fraction of sp³-hybridized carbons (Fsp3) is 0.0526. The Morgan fingerprint density at radius 1 is 1.19 bits per heavy atom. The second-order valence-electron chi connectivity index (χ2n) is 5.52. The van der Waals surface area contributed by atoms with Gasteiger partial charge in [-0.15, -0.1) is 23.1 Å². The molecule has 5 nitrogen and oxygen atoms in total. The third-order valence-electron chi connectivity index (χ3n) is 3.88. The first-order valence-corrected chi connectivity index (χ1v) is 10.00. The molecule has 0 unspecified atom stereocenters. The summed E-state index contributed by atoms with van der Waals surface area (Å²) in [6.45, 7) is 0. The quantitative estimate of drug-likeness (QED) is 0.520. The van der Waals surface area contributed by atoms with E-state index in [4.69, 9.17) is 4.98 Å². The summed E-state index contributed by atoms with van der Waals surface area (Å²) in [7, 11) is 0. The highest BCUT2D eigenvalue weighted by Crippen LogP contribution is 2.27. The van der Waals surface area contributed by atoms with E-state index >= 15 is 0 Å². The molecule has 0 spiro atoms. The van der Waals surface area contributed by atoms with Crippen LogP contribution in [0.15, 0.2) is 64.6 Å². The molecule has 0 saturated heterocycles. The number of thiazole rings is 1. The summed E-state index contributed by atoms with van der Waals surface area (Å²) in [6, 6.07) is 11.7. The van der Waals surface area contributed by atoms with Crippen LogP contribution >= 0.6 is 23.1 Å². The standard InChI is InChI=1S/C19H14N4OS2/c1-25-14-7-13(8-20-9-14)15-6-5-12-3-2-4-16(18(12)22-15)23-19(24)17-10-26-11-21-17/h2-11H,1H3,(H,23,24). The Balaban J connectivity index is 1.75. The smallest absolute Gasteiger partial charge is 0.275 e. The summed E-state index contributed by atoms with van der Waals surface area (Å²) in [5.41, 5.74) is 5.20. The van der Waals surface area contributed by atoms with Crippen LogP contribution in [0.3, 0.4) is 0 Å². The van der Waals surface area contributed by atoms with Gasteiger partial charge < -0.3 is 5.32 Å². The van der Waals surface area contributed by atoms with Crippen LogP contribution < -0.4 is 5.32 Å². The largest absolute Gasteiger partial charge is 0.319 e. The SMILES string of the molecule is CSc1cncc(-c2ccc3cccc(NC(=O)c4cscn4)c3n2)c1. The zero-order valence-corrected chi connectivity index (χ0v) is 15.5. The van der Waals surface area contributed by atoms with Gasteiger partial charge in [0, 0.05) is 33.6 Å². The van der Waals surface area contributed by atoms with Gasteiger partial charge in [-0.05, 0) is 24.5 Å². The molecule has 4 rings (SSSR count). The molecule has 1 amide bonds. The van der Waals surface area contributed by atoms with Crippen molar-refractivity contribution in [2.24, 2.45) is 0 Å². The summed E-state index contributed by atoms with van der Waals surface area (Å²) >= 11 is 3.03. The number of fused-ring (bicyclic) bond motifs is 1. The van der Waals surface area contributed by atoms with Gasteiger partial charge in [-0.3, -0.25) is 9.78 Å². The maximum atomic E-state index is 12.3. The van der Waals surface area contributed by atoms with E-state index in [0.29, 0.717) is 11.4 Å². The van der Waals surface area contributed by atoms with Gasteiger partial charge in [0.1, 0.15) is 5.69 Å². The zero-order valence-electron chi connectivity index (χ0n) is 13.8. The number of nitrogens with one attached hydrogen (secondary N) is 1. The molecule has 0 aliphatic heterocycles. The molecule has 0 bridgehead atoms. The minimum atomic E-state index is -0.239. The van der Waals surface area contributed by atoms with Gasteiger partial charge in [-0.2, -0.15) is 0 Å². The van der Waals surface area contributed by atoms with Crippen molar-refractivity contribution in [1.29, 1.82) is 0 Å². The van der Waals surface area contributed by atoms with Crippen molar-refractivity contribution in [3.8, 4) is 11.3 Å². The number of pyridine rings is 2. The normalized spacial score (nSPS) is 10.8. The molecule has 0 saturated carbocycles.